The molecule has 0 bridgehead atoms. The van der Waals surface area contributed by atoms with Crippen LogP contribution in [0.4, 0.5) is 13.2 Å². The van der Waals surface area contributed by atoms with Crippen molar-refractivity contribution in [2.24, 2.45) is 13.0 Å². The highest BCUT2D eigenvalue weighted by Gasteiger charge is 2.37. The molecule has 148 valence electrons. The molecule has 2 aromatic rings. The number of hydrogen-bond acceptors (Lipinski definition) is 3. The third kappa shape index (κ3) is 4.62. The Morgan fingerprint density at radius 3 is 2.67 bits per heavy atom. The summed E-state index contributed by atoms with van der Waals surface area (Å²) in [4.78, 5) is 14.3. The lowest BCUT2D eigenvalue weighted by molar-refractivity contribution is -0.140. The van der Waals surface area contributed by atoms with Gasteiger partial charge in [0.05, 0.1) is 17.7 Å². The number of hydrogen-bond donors (Lipinski definition) is 1. The van der Waals surface area contributed by atoms with E-state index >= 15 is 0 Å². The number of benzene rings is 1. The Bertz CT molecular complexity index is 793. The number of halogens is 4. The van der Waals surface area contributed by atoms with Gasteiger partial charge in [-0.05, 0) is 17.2 Å². The summed E-state index contributed by atoms with van der Waals surface area (Å²) in [6, 6.07) is 5.37. The van der Waals surface area contributed by atoms with E-state index in [-0.39, 0.29) is 42.3 Å². The van der Waals surface area contributed by atoms with E-state index < -0.39 is 11.7 Å². The number of amides is 1. The lowest BCUT2D eigenvalue weighted by atomic mass is 9.89. The quantitative estimate of drug-likeness (QED) is 0.855. The second-order valence-electron chi connectivity index (χ2n) is 6.67. The van der Waals surface area contributed by atoms with Crippen LogP contribution < -0.4 is 5.32 Å². The highest BCUT2D eigenvalue weighted by atomic mass is 35.5. The Morgan fingerprint density at radius 2 is 2.04 bits per heavy atom. The summed E-state index contributed by atoms with van der Waals surface area (Å²) in [7, 11) is 3.36. The molecule has 0 spiro atoms. The van der Waals surface area contributed by atoms with Gasteiger partial charge < -0.3 is 10.2 Å². The number of nitrogens with one attached hydrogen (secondary N) is 1. The molecule has 0 radical (unpaired) electrons. The number of carbonyl (C=O) groups excluding carboxylic acids is 1. The SMILES string of the molecule is CN(Cc1ccccc1C(F)(F)F)C(=O)[C@H]1CNC[C@@H]1c1cnn(C)c1.Cl. The van der Waals surface area contributed by atoms with E-state index in [0.29, 0.717) is 13.1 Å². The maximum absolute atomic E-state index is 13.2. The summed E-state index contributed by atoms with van der Waals surface area (Å²) in [5.74, 6) is -0.514. The van der Waals surface area contributed by atoms with Crippen molar-refractivity contribution >= 4 is 18.3 Å². The summed E-state index contributed by atoms with van der Waals surface area (Å²) in [6.07, 6.45) is -0.832. The summed E-state index contributed by atoms with van der Waals surface area (Å²) < 4.78 is 41.2. The lowest BCUT2D eigenvalue weighted by Gasteiger charge is -2.25. The maximum atomic E-state index is 13.2. The van der Waals surface area contributed by atoms with Crippen molar-refractivity contribution in [3.63, 3.8) is 0 Å². The molecule has 1 fully saturated rings. The monoisotopic (exact) mass is 402 g/mol. The van der Waals surface area contributed by atoms with Crippen LogP contribution in [0.1, 0.15) is 22.6 Å². The standard InChI is InChI=1S/C18H21F3N4O.ClH/c1-24(10-12-5-3-4-6-16(12)18(19,20)21)17(26)15-9-22-8-14(15)13-7-23-25(2)11-13;/h3-7,11,14-15,22H,8-10H2,1-2H3;1H/t14-,15+;/m1./s1. The van der Waals surface area contributed by atoms with Crippen molar-refractivity contribution in [3.05, 3.63) is 53.3 Å². The molecule has 3 rings (SSSR count). The van der Waals surface area contributed by atoms with Gasteiger partial charge in [-0.3, -0.25) is 9.48 Å². The Kier molecular flexibility index (Phi) is 6.54. The van der Waals surface area contributed by atoms with Crippen LogP contribution >= 0.6 is 12.4 Å². The van der Waals surface area contributed by atoms with Gasteiger partial charge in [0.25, 0.3) is 0 Å². The van der Waals surface area contributed by atoms with Crippen LogP contribution in [0.2, 0.25) is 0 Å². The van der Waals surface area contributed by atoms with Gasteiger partial charge in [0.1, 0.15) is 0 Å². The first-order valence-electron chi connectivity index (χ1n) is 8.36. The summed E-state index contributed by atoms with van der Waals surface area (Å²) in [5, 5.41) is 7.35. The zero-order valence-electron chi connectivity index (χ0n) is 15.0. The fourth-order valence-electron chi connectivity index (χ4n) is 3.47. The summed E-state index contributed by atoms with van der Waals surface area (Å²) in [6.45, 7) is 1.07. The van der Waals surface area contributed by atoms with Crippen molar-refractivity contribution in [1.29, 1.82) is 0 Å². The minimum absolute atomic E-state index is 0. The van der Waals surface area contributed by atoms with Crippen LogP contribution in [0.3, 0.4) is 0 Å². The first kappa shape index (κ1) is 21.2. The predicted molar refractivity (Wildman–Crippen MR) is 97.5 cm³/mol. The zero-order valence-corrected chi connectivity index (χ0v) is 15.8. The minimum Gasteiger partial charge on any atom is -0.341 e. The van der Waals surface area contributed by atoms with E-state index in [2.05, 4.69) is 10.4 Å². The average molecular weight is 403 g/mol. The molecule has 27 heavy (non-hydrogen) atoms. The molecule has 0 unspecified atom stereocenters. The molecule has 1 aromatic carbocycles. The first-order chi connectivity index (χ1) is 12.3. The summed E-state index contributed by atoms with van der Waals surface area (Å²) >= 11 is 0. The second kappa shape index (κ2) is 8.31. The van der Waals surface area contributed by atoms with Gasteiger partial charge in [-0.1, -0.05) is 18.2 Å². The Morgan fingerprint density at radius 1 is 1.33 bits per heavy atom. The van der Waals surface area contributed by atoms with Crippen molar-refractivity contribution in [3.8, 4) is 0 Å². The van der Waals surface area contributed by atoms with Gasteiger partial charge in [-0.15, -0.1) is 12.4 Å². The van der Waals surface area contributed by atoms with E-state index in [1.807, 2.05) is 13.2 Å². The molecule has 0 aliphatic carbocycles. The third-order valence-corrected chi connectivity index (χ3v) is 4.79. The summed E-state index contributed by atoms with van der Waals surface area (Å²) in [5.41, 5.74) is 0.354. The minimum atomic E-state index is -4.44. The van der Waals surface area contributed by atoms with Crippen LogP contribution in [-0.2, 0) is 24.6 Å². The molecule has 2 atom stereocenters. The van der Waals surface area contributed by atoms with Gasteiger partial charge in [0.2, 0.25) is 5.91 Å². The van der Waals surface area contributed by atoms with Crippen LogP contribution in [0.5, 0.6) is 0 Å². The Balaban J connectivity index is 0.00000261. The molecule has 9 heteroatoms. The van der Waals surface area contributed by atoms with E-state index in [1.54, 1.807) is 24.0 Å². The molecule has 5 nitrogen and oxygen atoms in total. The highest BCUT2D eigenvalue weighted by molar-refractivity contribution is 5.85. The lowest BCUT2D eigenvalue weighted by Crippen LogP contribution is -2.36. The largest absolute Gasteiger partial charge is 0.416 e. The van der Waals surface area contributed by atoms with Crippen LogP contribution in [-0.4, -0.2) is 40.7 Å². The molecule has 1 N–H and O–H groups in total. The molecule has 1 amide bonds. The van der Waals surface area contributed by atoms with Gasteiger partial charge in [-0.2, -0.15) is 18.3 Å². The van der Waals surface area contributed by atoms with Gasteiger partial charge >= 0.3 is 6.18 Å². The number of alkyl halides is 3. The van der Waals surface area contributed by atoms with Crippen LogP contribution in [0.15, 0.2) is 36.7 Å². The van der Waals surface area contributed by atoms with Crippen molar-refractivity contribution in [2.45, 2.75) is 18.6 Å². The number of carbonyl (C=O) groups is 1. The highest BCUT2D eigenvalue weighted by Crippen LogP contribution is 2.33. The molecular formula is C18H22ClF3N4O. The zero-order chi connectivity index (χ0) is 18.9. The number of rotatable bonds is 4. The molecule has 1 saturated heterocycles. The normalized spacial score (nSPS) is 19.6. The number of aryl methyl sites for hydroxylation is 1. The van der Waals surface area contributed by atoms with E-state index in [1.165, 1.54) is 17.0 Å². The predicted octanol–water partition coefficient (Wildman–Crippen LogP) is 2.82. The van der Waals surface area contributed by atoms with Crippen molar-refractivity contribution in [1.82, 2.24) is 20.0 Å². The second-order valence-corrected chi connectivity index (χ2v) is 6.67. The van der Waals surface area contributed by atoms with Gasteiger partial charge in [0, 0.05) is 45.8 Å². The number of nitrogens with zero attached hydrogens (tertiary/aromatic N) is 3. The molecule has 1 aliphatic rings. The molecule has 2 heterocycles. The maximum Gasteiger partial charge on any atom is 0.416 e. The van der Waals surface area contributed by atoms with Crippen LogP contribution in [0.25, 0.3) is 0 Å². The Labute approximate surface area is 161 Å². The fourth-order valence-corrected chi connectivity index (χ4v) is 3.47. The molecular weight excluding hydrogens is 381 g/mol. The van der Waals surface area contributed by atoms with Crippen molar-refractivity contribution < 1.29 is 18.0 Å². The van der Waals surface area contributed by atoms with Crippen LogP contribution in [0, 0.1) is 5.92 Å². The van der Waals surface area contributed by atoms with Crippen molar-refractivity contribution in [2.75, 3.05) is 20.1 Å². The smallest absolute Gasteiger partial charge is 0.341 e. The first-order valence-corrected chi connectivity index (χ1v) is 8.36. The van der Waals surface area contributed by atoms with E-state index in [9.17, 15) is 18.0 Å². The van der Waals surface area contributed by atoms with Gasteiger partial charge in [0.15, 0.2) is 0 Å². The molecule has 1 aromatic heterocycles. The number of aromatic nitrogens is 2. The van der Waals surface area contributed by atoms with Gasteiger partial charge in [-0.25, -0.2) is 0 Å². The fraction of sp³-hybridized carbons (Fsp3) is 0.444. The Hall–Kier alpha value is -2.06. The third-order valence-electron chi connectivity index (χ3n) is 4.79. The molecule has 0 saturated carbocycles. The van der Waals surface area contributed by atoms with E-state index in [4.69, 9.17) is 0 Å². The average Bonchev–Trinajstić information content (AvgIpc) is 3.22. The molecule has 1 aliphatic heterocycles. The topological polar surface area (TPSA) is 50.2 Å². The van der Waals surface area contributed by atoms with E-state index in [0.717, 1.165) is 11.6 Å².